The lowest BCUT2D eigenvalue weighted by atomic mass is 9.88. The van der Waals surface area contributed by atoms with Crippen molar-refractivity contribution < 1.29 is 9.53 Å². The number of hydrogen-bond acceptors (Lipinski definition) is 4. The number of thiophene rings is 1. The molecule has 0 spiro atoms. The van der Waals surface area contributed by atoms with Crippen LogP contribution in [0.4, 0.5) is 0 Å². The van der Waals surface area contributed by atoms with Crippen LogP contribution in [0.15, 0.2) is 17.5 Å². The van der Waals surface area contributed by atoms with Gasteiger partial charge in [0.15, 0.2) is 0 Å². The zero-order chi connectivity index (χ0) is 14.8. The van der Waals surface area contributed by atoms with Crippen molar-refractivity contribution in [2.75, 3.05) is 33.3 Å². The number of amides is 1. The molecule has 0 bridgehead atoms. The second-order valence-electron chi connectivity index (χ2n) is 5.99. The molecule has 3 heterocycles. The number of ether oxygens (including phenoxy) is 1. The van der Waals surface area contributed by atoms with E-state index in [1.54, 1.807) is 18.4 Å². The quantitative estimate of drug-likeness (QED) is 0.851. The Morgan fingerprint density at radius 2 is 2.33 bits per heavy atom. The highest BCUT2D eigenvalue weighted by molar-refractivity contribution is 7.10. The standard InChI is InChI=1S/C16H24N2O2S/c1-3-17-10-13-14(11-17)18(7-6-15(13)20-2)16(19)9-12-5-4-8-21-12/h4-5,8,13-15H,3,6-7,9-11H2,1-2H3/t13-,14+,15+/m1/s1. The summed E-state index contributed by atoms with van der Waals surface area (Å²) in [6.45, 7) is 6.13. The number of likely N-dealkylation sites (N-methyl/N-ethyl adjacent to an activating group) is 1. The van der Waals surface area contributed by atoms with E-state index in [9.17, 15) is 4.79 Å². The van der Waals surface area contributed by atoms with Gasteiger partial charge < -0.3 is 14.5 Å². The second kappa shape index (κ2) is 6.46. The molecule has 1 aromatic heterocycles. The van der Waals surface area contributed by atoms with Gasteiger partial charge in [-0.25, -0.2) is 0 Å². The molecule has 2 aliphatic heterocycles. The van der Waals surface area contributed by atoms with Crippen molar-refractivity contribution in [3.8, 4) is 0 Å². The average Bonchev–Trinajstić information content (AvgIpc) is 3.14. The topological polar surface area (TPSA) is 32.8 Å². The molecule has 0 N–H and O–H groups in total. The Morgan fingerprint density at radius 1 is 1.48 bits per heavy atom. The molecular weight excluding hydrogens is 284 g/mol. The summed E-state index contributed by atoms with van der Waals surface area (Å²) in [5.74, 6) is 0.746. The Bertz CT molecular complexity index is 477. The summed E-state index contributed by atoms with van der Waals surface area (Å²) in [5.41, 5.74) is 0. The fraction of sp³-hybridized carbons (Fsp3) is 0.688. The number of carbonyl (C=O) groups is 1. The van der Waals surface area contributed by atoms with Crippen molar-refractivity contribution in [3.05, 3.63) is 22.4 Å². The molecule has 1 aromatic rings. The Morgan fingerprint density at radius 3 is 3.00 bits per heavy atom. The first-order valence-electron chi connectivity index (χ1n) is 7.80. The van der Waals surface area contributed by atoms with Crippen LogP contribution in [-0.2, 0) is 16.0 Å². The van der Waals surface area contributed by atoms with Gasteiger partial charge in [0.25, 0.3) is 0 Å². The maximum Gasteiger partial charge on any atom is 0.228 e. The predicted octanol–water partition coefficient (Wildman–Crippen LogP) is 1.86. The molecule has 4 nitrogen and oxygen atoms in total. The number of piperidine rings is 1. The molecule has 21 heavy (non-hydrogen) atoms. The van der Waals surface area contributed by atoms with Crippen molar-refractivity contribution in [3.63, 3.8) is 0 Å². The lowest BCUT2D eigenvalue weighted by molar-refractivity contribution is -0.138. The summed E-state index contributed by atoms with van der Waals surface area (Å²) >= 11 is 1.67. The van der Waals surface area contributed by atoms with Crippen molar-refractivity contribution in [2.45, 2.75) is 31.9 Å². The lowest BCUT2D eigenvalue weighted by Gasteiger charge is -2.41. The van der Waals surface area contributed by atoms with E-state index in [-0.39, 0.29) is 5.91 Å². The number of hydrogen-bond donors (Lipinski definition) is 0. The number of carbonyl (C=O) groups excluding carboxylic acids is 1. The van der Waals surface area contributed by atoms with Crippen LogP contribution in [0.5, 0.6) is 0 Å². The first kappa shape index (κ1) is 15.0. The van der Waals surface area contributed by atoms with E-state index < -0.39 is 0 Å². The van der Waals surface area contributed by atoms with Gasteiger partial charge in [-0.05, 0) is 24.4 Å². The van der Waals surface area contributed by atoms with Crippen LogP contribution in [0.3, 0.4) is 0 Å². The first-order chi connectivity index (χ1) is 10.2. The highest BCUT2D eigenvalue weighted by Crippen LogP contribution is 2.32. The number of methoxy groups -OCH3 is 1. The van der Waals surface area contributed by atoms with E-state index >= 15 is 0 Å². The molecule has 0 aromatic carbocycles. The average molecular weight is 308 g/mol. The third-order valence-electron chi connectivity index (χ3n) is 4.92. The Labute approximate surface area is 130 Å². The van der Waals surface area contributed by atoms with Gasteiger partial charge in [0.2, 0.25) is 5.91 Å². The number of fused-ring (bicyclic) bond motifs is 1. The van der Waals surface area contributed by atoms with Crippen LogP contribution in [0.25, 0.3) is 0 Å². The van der Waals surface area contributed by atoms with Gasteiger partial charge in [0.1, 0.15) is 0 Å². The zero-order valence-corrected chi connectivity index (χ0v) is 13.6. The van der Waals surface area contributed by atoms with Gasteiger partial charge in [-0.2, -0.15) is 0 Å². The van der Waals surface area contributed by atoms with Gasteiger partial charge >= 0.3 is 0 Å². The molecule has 3 rings (SSSR count). The van der Waals surface area contributed by atoms with E-state index in [1.807, 2.05) is 11.4 Å². The molecule has 2 aliphatic rings. The Hall–Kier alpha value is -0.910. The molecule has 2 saturated heterocycles. The normalized spacial score (nSPS) is 29.6. The van der Waals surface area contributed by atoms with Crippen LogP contribution < -0.4 is 0 Å². The van der Waals surface area contributed by atoms with Crippen LogP contribution in [-0.4, -0.2) is 61.1 Å². The SMILES string of the molecule is CCN1C[C@H]2[C@@H](OC)CCN(C(=O)Cc3cccs3)[C@H]2C1. The van der Waals surface area contributed by atoms with Crippen LogP contribution in [0.1, 0.15) is 18.2 Å². The summed E-state index contributed by atoms with van der Waals surface area (Å²) in [6.07, 6.45) is 1.81. The molecular formula is C16H24N2O2S. The maximum absolute atomic E-state index is 12.7. The van der Waals surface area contributed by atoms with Gasteiger partial charge in [0.05, 0.1) is 18.6 Å². The van der Waals surface area contributed by atoms with Crippen molar-refractivity contribution in [1.29, 1.82) is 0 Å². The highest BCUT2D eigenvalue weighted by atomic mass is 32.1. The summed E-state index contributed by atoms with van der Waals surface area (Å²) in [6, 6.07) is 4.40. The van der Waals surface area contributed by atoms with Gasteiger partial charge in [-0.3, -0.25) is 4.79 Å². The molecule has 2 fully saturated rings. The molecule has 1 amide bonds. The highest BCUT2D eigenvalue weighted by Gasteiger charge is 2.45. The van der Waals surface area contributed by atoms with Crippen LogP contribution in [0.2, 0.25) is 0 Å². The predicted molar refractivity (Wildman–Crippen MR) is 84.5 cm³/mol. The lowest BCUT2D eigenvalue weighted by Crippen LogP contribution is -2.53. The molecule has 0 unspecified atom stereocenters. The van der Waals surface area contributed by atoms with E-state index in [0.29, 0.717) is 24.5 Å². The third-order valence-corrected chi connectivity index (χ3v) is 5.79. The van der Waals surface area contributed by atoms with Crippen molar-refractivity contribution in [2.24, 2.45) is 5.92 Å². The minimum Gasteiger partial charge on any atom is -0.381 e. The Kier molecular flexibility index (Phi) is 4.62. The fourth-order valence-corrected chi connectivity index (χ4v) is 4.46. The minimum atomic E-state index is 0.278. The van der Waals surface area contributed by atoms with Crippen molar-refractivity contribution in [1.82, 2.24) is 9.80 Å². The van der Waals surface area contributed by atoms with Crippen LogP contribution >= 0.6 is 11.3 Å². The van der Waals surface area contributed by atoms with E-state index in [1.165, 1.54) is 0 Å². The first-order valence-corrected chi connectivity index (χ1v) is 8.68. The third kappa shape index (κ3) is 3.00. The second-order valence-corrected chi connectivity index (χ2v) is 7.02. The van der Waals surface area contributed by atoms with Crippen molar-refractivity contribution >= 4 is 17.2 Å². The number of rotatable bonds is 4. The molecule has 116 valence electrons. The molecule has 3 atom stereocenters. The van der Waals surface area contributed by atoms with Crippen LogP contribution in [0, 0.1) is 5.92 Å². The largest absolute Gasteiger partial charge is 0.381 e. The maximum atomic E-state index is 12.7. The van der Waals surface area contributed by atoms with E-state index in [0.717, 1.165) is 37.5 Å². The molecule has 5 heteroatoms. The zero-order valence-electron chi connectivity index (χ0n) is 12.8. The molecule has 0 saturated carbocycles. The summed E-state index contributed by atoms with van der Waals surface area (Å²) in [5, 5.41) is 2.04. The summed E-state index contributed by atoms with van der Waals surface area (Å²) < 4.78 is 5.67. The summed E-state index contributed by atoms with van der Waals surface area (Å²) in [7, 11) is 1.81. The monoisotopic (exact) mass is 308 g/mol. The van der Waals surface area contributed by atoms with Gasteiger partial charge in [-0.15, -0.1) is 11.3 Å². The molecule has 0 aliphatic carbocycles. The minimum absolute atomic E-state index is 0.278. The number of nitrogens with zero attached hydrogens (tertiary/aromatic N) is 2. The summed E-state index contributed by atoms with van der Waals surface area (Å²) in [4.78, 5) is 18.4. The molecule has 0 radical (unpaired) electrons. The fourth-order valence-electron chi connectivity index (χ4n) is 3.76. The van der Waals surface area contributed by atoms with Gasteiger partial charge in [-0.1, -0.05) is 13.0 Å². The smallest absolute Gasteiger partial charge is 0.228 e. The number of likely N-dealkylation sites (tertiary alicyclic amines) is 2. The Balaban J connectivity index is 1.72. The van der Waals surface area contributed by atoms with Gasteiger partial charge in [0, 0.05) is 37.5 Å². The van der Waals surface area contributed by atoms with E-state index in [2.05, 4.69) is 22.8 Å². The van der Waals surface area contributed by atoms with E-state index in [4.69, 9.17) is 4.74 Å².